The van der Waals surface area contributed by atoms with Gasteiger partial charge >= 0.3 is 0 Å². The van der Waals surface area contributed by atoms with Crippen molar-refractivity contribution < 1.29 is 19.1 Å². The Morgan fingerprint density at radius 1 is 0.912 bits per heavy atom. The number of nitrogens with one attached hydrogen (secondary N) is 2. The van der Waals surface area contributed by atoms with Crippen molar-refractivity contribution in [2.45, 2.75) is 25.4 Å². The van der Waals surface area contributed by atoms with Gasteiger partial charge in [-0.25, -0.2) is 0 Å². The van der Waals surface area contributed by atoms with Crippen LogP contribution < -0.4 is 20.7 Å². The van der Waals surface area contributed by atoms with E-state index >= 15 is 0 Å². The number of nitrogens with two attached hydrogens (primary N) is 1. The van der Waals surface area contributed by atoms with E-state index in [9.17, 15) is 14.4 Å². The molecule has 3 amide bonds. The van der Waals surface area contributed by atoms with Gasteiger partial charge < -0.3 is 15.8 Å². The number of hydrogen-bond acceptors (Lipinski definition) is 5. The maximum Gasteiger partial charge on any atom is 0.270 e. The van der Waals surface area contributed by atoms with E-state index in [4.69, 9.17) is 15.9 Å². The van der Waals surface area contributed by atoms with Crippen LogP contribution in [0, 0.1) is 5.41 Å². The third kappa shape index (κ3) is 4.96. The summed E-state index contributed by atoms with van der Waals surface area (Å²) in [6.45, 7) is 0. The van der Waals surface area contributed by atoms with Crippen molar-refractivity contribution >= 4 is 34.9 Å². The number of imide groups is 1. The van der Waals surface area contributed by atoms with Gasteiger partial charge in [0.2, 0.25) is 17.9 Å². The van der Waals surface area contributed by atoms with Gasteiger partial charge in [-0.3, -0.25) is 24.7 Å². The lowest BCUT2D eigenvalue weighted by Gasteiger charge is -2.25. The van der Waals surface area contributed by atoms with Crippen molar-refractivity contribution in [2.75, 3.05) is 10.2 Å². The summed E-state index contributed by atoms with van der Waals surface area (Å²) in [5, 5.41) is 10.6. The molecule has 0 saturated carbocycles. The largest absolute Gasteiger partial charge is 0.475 e. The van der Waals surface area contributed by atoms with Gasteiger partial charge in [0.15, 0.2) is 0 Å². The molecule has 4 N–H and O–H groups in total. The van der Waals surface area contributed by atoms with Gasteiger partial charge in [0, 0.05) is 24.1 Å². The Hall–Kier alpha value is -4.46. The summed E-state index contributed by atoms with van der Waals surface area (Å²) < 4.78 is 6.04. The average Bonchev–Trinajstić information content (AvgIpc) is 2.84. The number of carbonyl (C=O) groups is 3. The van der Waals surface area contributed by atoms with Gasteiger partial charge in [-0.1, -0.05) is 42.5 Å². The number of rotatable bonds is 7. The first-order valence-electron chi connectivity index (χ1n) is 10.9. The number of benzene rings is 3. The van der Waals surface area contributed by atoms with Crippen molar-refractivity contribution in [3.8, 4) is 5.75 Å². The molecular weight excluding hydrogens is 432 g/mol. The van der Waals surface area contributed by atoms with Crippen LogP contribution in [-0.2, 0) is 14.4 Å². The molecule has 1 atom stereocenters. The van der Waals surface area contributed by atoms with Crippen LogP contribution in [0.2, 0.25) is 0 Å². The van der Waals surface area contributed by atoms with Crippen molar-refractivity contribution in [3.05, 3.63) is 90.0 Å². The van der Waals surface area contributed by atoms with Gasteiger partial charge in [-0.2, -0.15) is 0 Å². The third-order valence-corrected chi connectivity index (χ3v) is 5.44. The summed E-state index contributed by atoms with van der Waals surface area (Å²) >= 11 is 0. The predicted molar refractivity (Wildman–Crippen MR) is 129 cm³/mol. The minimum atomic E-state index is -1.01. The molecule has 172 valence electrons. The van der Waals surface area contributed by atoms with E-state index in [-0.39, 0.29) is 17.6 Å². The highest BCUT2D eigenvalue weighted by Gasteiger charge is 2.28. The monoisotopic (exact) mass is 456 g/mol. The minimum Gasteiger partial charge on any atom is -0.475 e. The van der Waals surface area contributed by atoms with E-state index in [0.29, 0.717) is 47.5 Å². The first kappa shape index (κ1) is 22.7. The van der Waals surface area contributed by atoms with Gasteiger partial charge in [0.25, 0.3) is 5.91 Å². The molecule has 8 nitrogen and oxygen atoms in total. The Balaban J connectivity index is 1.56. The molecule has 1 heterocycles. The molecule has 4 rings (SSSR count). The summed E-state index contributed by atoms with van der Waals surface area (Å²) in [4.78, 5) is 38.7. The molecule has 3 aromatic rings. The van der Waals surface area contributed by atoms with Crippen LogP contribution in [0.4, 0.5) is 11.4 Å². The molecule has 1 fully saturated rings. The van der Waals surface area contributed by atoms with E-state index in [2.05, 4.69) is 5.32 Å². The quantitative estimate of drug-likeness (QED) is 0.283. The van der Waals surface area contributed by atoms with Crippen LogP contribution >= 0.6 is 0 Å². The third-order valence-electron chi connectivity index (χ3n) is 5.44. The zero-order valence-corrected chi connectivity index (χ0v) is 18.4. The Bertz CT molecular complexity index is 1210. The van der Waals surface area contributed by atoms with Crippen molar-refractivity contribution in [2.24, 2.45) is 5.73 Å². The van der Waals surface area contributed by atoms with Crippen molar-refractivity contribution in [1.82, 2.24) is 0 Å². The van der Waals surface area contributed by atoms with Crippen LogP contribution in [-0.4, -0.2) is 23.6 Å². The number of anilines is 2. The fourth-order valence-corrected chi connectivity index (χ4v) is 3.76. The molecule has 1 saturated heterocycles. The fourth-order valence-electron chi connectivity index (χ4n) is 3.76. The molecule has 34 heavy (non-hydrogen) atoms. The molecule has 1 aliphatic rings. The lowest BCUT2D eigenvalue weighted by molar-refractivity contribution is -0.129. The smallest absolute Gasteiger partial charge is 0.270 e. The highest BCUT2D eigenvalue weighted by Crippen LogP contribution is 2.28. The lowest BCUT2D eigenvalue weighted by atomic mass is 10.1. The Morgan fingerprint density at radius 3 is 2.18 bits per heavy atom. The molecule has 3 aromatic carbocycles. The Morgan fingerprint density at radius 2 is 1.53 bits per heavy atom. The number of para-hydroxylation sites is 1. The second-order valence-corrected chi connectivity index (χ2v) is 7.83. The van der Waals surface area contributed by atoms with E-state index < -0.39 is 12.0 Å². The number of carbonyl (C=O) groups excluding carboxylic acids is 3. The van der Waals surface area contributed by atoms with E-state index in [1.54, 1.807) is 72.8 Å². The Labute approximate surface area is 196 Å². The highest BCUT2D eigenvalue weighted by molar-refractivity contribution is 6.16. The fraction of sp³-hybridized carbons (Fsp3) is 0.154. The maximum absolute atomic E-state index is 13.2. The standard InChI is InChI=1S/C26H24N4O4/c27-25(28)20-9-4-5-10-21(20)34-24(17-7-2-1-3-8-17)26(33)29-18-13-15-19(16-14-18)30-22(31)11-6-12-23(30)32/h1-5,7-10,13-16,24H,6,11-12H2,(H3,27,28)(H,29,33). The van der Waals surface area contributed by atoms with Crippen LogP contribution in [0.3, 0.4) is 0 Å². The lowest BCUT2D eigenvalue weighted by Crippen LogP contribution is -2.40. The predicted octanol–water partition coefficient (Wildman–Crippen LogP) is 3.77. The SMILES string of the molecule is N=C(N)c1ccccc1OC(C(=O)Nc1ccc(N2C(=O)CCCC2=O)cc1)c1ccccc1. The number of ether oxygens (including phenoxy) is 1. The number of amides is 3. The second kappa shape index (κ2) is 9.99. The molecule has 0 radical (unpaired) electrons. The summed E-state index contributed by atoms with van der Waals surface area (Å²) in [5.41, 5.74) is 7.64. The van der Waals surface area contributed by atoms with E-state index in [1.165, 1.54) is 4.90 Å². The minimum absolute atomic E-state index is 0.166. The summed E-state index contributed by atoms with van der Waals surface area (Å²) in [7, 11) is 0. The van der Waals surface area contributed by atoms with Crippen LogP contribution in [0.25, 0.3) is 0 Å². The van der Waals surface area contributed by atoms with E-state index in [0.717, 1.165) is 0 Å². The molecule has 0 aromatic heterocycles. The van der Waals surface area contributed by atoms with Crippen molar-refractivity contribution in [1.29, 1.82) is 5.41 Å². The number of amidine groups is 1. The topological polar surface area (TPSA) is 126 Å². The molecule has 0 spiro atoms. The number of hydrogen-bond donors (Lipinski definition) is 3. The first-order valence-corrected chi connectivity index (χ1v) is 10.9. The van der Waals surface area contributed by atoms with E-state index in [1.807, 2.05) is 6.07 Å². The molecule has 1 aliphatic heterocycles. The van der Waals surface area contributed by atoms with Gasteiger partial charge in [0.1, 0.15) is 11.6 Å². The van der Waals surface area contributed by atoms with Crippen LogP contribution in [0.15, 0.2) is 78.9 Å². The van der Waals surface area contributed by atoms with Gasteiger partial charge in [0.05, 0.1) is 11.3 Å². The second-order valence-electron chi connectivity index (χ2n) is 7.83. The summed E-state index contributed by atoms with van der Waals surface area (Å²) in [5.74, 6) is -0.733. The zero-order chi connectivity index (χ0) is 24.1. The molecule has 8 heteroatoms. The van der Waals surface area contributed by atoms with Gasteiger partial charge in [-0.05, 0) is 42.8 Å². The van der Waals surface area contributed by atoms with Crippen molar-refractivity contribution in [3.63, 3.8) is 0 Å². The summed E-state index contributed by atoms with van der Waals surface area (Å²) in [6, 6.07) is 22.3. The normalized spacial score (nSPS) is 14.4. The Kier molecular flexibility index (Phi) is 6.68. The maximum atomic E-state index is 13.2. The van der Waals surface area contributed by atoms with Crippen LogP contribution in [0.5, 0.6) is 5.75 Å². The molecule has 0 bridgehead atoms. The van der Waals surface area contributed by atoms with Crippen LogP contribution in [0.1, 0.15) is 36.5 Å². The highest BCUT2D eigenvalue weighted by atomic mass is 16.5. The molecule has 1 unspecified atom stereocenters. The number of nitrogen functional groups attached to an aromatic ring is 1. The average molecular weight is 457 g/mol. The number of nitrogens with zero attached hydrogens (tertiary/aromatic N) is 1. The summed E-state index contributed by atoms with van der Waals surface area (Å²) in [6.07, 6.45) is 0.228. The number of piperidine rings is 1. The van der Waals surface area contributed by atoms with Gasteiger partial charge in [-0.15, -0.1) is 0 Å². The molecule has 0 aliphatic carbocycles. The first-order chi connectivity index (χ1) is 16.4. The zero-order valence-electron chi connectivity index (χ0n) is 18.4. The molecular formula is C26H24N4O4.